The maximum absolute atomic E-state index is 12.2. The summed E-state index contributed by atoms with van der Waals surface area (Å²) >= 11 is 3.66. The Morgan fingerprint density at radius 3 is 2.83 bits per heavy atom. The first-order valence-electron chi connectivity index (χ1n) is 8.20. The molecule has 0 radical (unpaired) electrons. The molecule has 2 heterocycles. The number of amides is 1. The third-order valence-corrected chi connectivity index (χ3v) is 6.51. The van der Waals surface area contributed by atoms with Crippen LogP contribution in [0.25, 0.3) is 0 Å². The number of carbonyl (C=O) groups excluding carboxylic acids is 2. The lowest BCUT2D eigenvalue weighted by molar-refractivity contribution is -0.387. The van der Waals surface area contributed by atoms with Crippen LogP contribution in [0.15, 0.2) is 44.3 Å². The third kappa shape index (κ3) is 5.20. The number of ether oxygens (including phenoxy) is 1. The Kier molecular flexibility index (Phi) is 6.78. The zero-order valence-electron chi connectivity index (χ0n) is 15.3. The van der Waals surface area contributed by atoms with Gasteiger partial charge >= 0.3 is 5.97 Å². The number of hydrogen-bond donors (Lipinski definition) is 1. The highest BCUT2D eigenvalue weighted by molar-refractivity contribution is 8.01. The van der Waals surface area contributed by atoms with Gasteiger partial charge in [-0.15, -0.1) is 22.7 Å². The van der Waals surface area contributed by atoms with Crippen LogP contribution in [0.1, 0.15) is 21.6 Å². The molecule has 0 unspecified atom stereocenters. The van der Waals surface area contributed by atoms with E-state index in [0.29, 0.717) is 19.8 Å². The maximum atomic E-state index is 12.2. The Morgan fingerprint density at radius 2 is 2.17 bits per heavy atom. The molecular formula is C18H12N4O5S3. The summed E-state index contributed by atoms with van der Waals surface area (Å²) in [7, 11) is 0. The maximum Gasteiger partial charge on any atom is 0.338 e. The summed E-state index contributed by atoms with van der Waals surface area (Å²) < 4.78 is 5.59. The van der Waals surface area contributed by atoms with Gasteiger partial charge in [0.15, 0.2) is 10.9 Å². The number of carbonyl (C=O) groups is 2. The number of thiophene rings is 1. The highest BCUT2D eigenvalue weighted by Crippen LogP contribution is 2.36. The van der Waals surface area contributed by atoms with E-state index in [-0.39, 0.29) is 11.3 Å². The van der Waals surface area contributed by atoms with E-state index in [2.05, 4.69) is 10.3 Å². The number of esters is 1. The molecule has 12 heteroatoms. The summed E-state index contributed by atoms with van der Waals surface area (Å²) in [4.78, 5) is 39.6. The molecule has 2 aromatic heterocycles. The number of anilines is 1. The molecule has 0 saturated heterocycles. The molecule has 0 aliphatic carbocycles. The smallest absolute Gasteiger partial charge is 0.338 e. The zero-order valence-corrected chi connectivity index (χ0v) is 17.7. The molecular weight excluding hydrogens is 448 g/mol. The van der Waals surface area contributed by atoms with Crippen molar-refractivity contribution in [2.75, 3.05) is 11.9 Å². The van der Waals surface area contributed by atoms with Gasteiger partial charge in [0.25, 0.3) is 11.6 Å². The van der Waals surface area contributed by atoms with Crippen LogP contribution in [0, 0.1) is 28.4 Å². The standard InChI is InChI=1S/C18H12N4O5S3/c1-10-9-29-18(20-10)30-14-3-2-11(6-13(14)22(25)26)17(24)27-8-15(23)21-16-12(7-19)4-5-28-16/h2-6,9H,8H2,1H3,(H,21,23). The fraction of sp³-hybridized carbons (Fsp3) is 0.111. The number of rotatable bonds is 7. The van der Waals surface area contributed by atoms with Gasteiger partial charge in [-0.3, -0.25) is 14.9 Å². The van der Waals surface area contributed by atoms with E-state index < -0.39 is 23.4 Å². The number of thiazole rings is 1. The zero-order chi connectivity index (χ0) is 21.7. The number of nitrogens with zero attached hydrogens (tertiary/aromatic N) is 3. The Morgan fingerprint density at radius 1 is 1.37 bits per heavy atom. The van der Waals surface area contributed by atoms with Crippen molar-refractivity contribution in [3.05, 3.63) is 62.0 Å². The van der Waals surface area contributed by atoms with Crippen LogP contribution in [0.2, 0.25) is 0 Å². The molecule has 0 saturated carbocycles. The highest BCUT2D eigenvalue weighted by atomic mass is 32.2. The first-order chi connectivity index (χ1) is 14.4. The van der Waals surface area contributed by atoms with Gasteiger partial charge in [0.1, 0.15) is 11.1 Å². The van der Waals surface area contributed by atoms with Gasteiger partial charge in [-0.1, -0.05) is 11.8 Å². The number of hydrogen-bond acceptors (Lipinski definition) is 10. The van der Waals surface area contributed by atoms with E-state index >= 15 is 0 Å². The van der Waals surface area contributed by atoms with Crippen molar-refractivity contribution in [2.24, 2.45) is 0 Å². The third-order valence-electron chi connectivity index (χ3n) is 3.56. The van der Waals surface area contributed by atoms with Crippen LogP contribution in [0.4, 0.5) is 10.7 Å². The van der Waals surface area contributed by atoms with Crippen molar-refractivity contribution in [3.8, 4) is 6.07 Å². The number of nitro benzene ring substituents is 1. The number of nitrogens with one attached hydrogen (secondary N) is 1. The summed E-state index contributed by atoms with van der Waals surface area (Å²) in [6.07, 6.45) is 0. The molecule has 152 valence electrons. The summed E-state index contributed by atoms with van der Waals surface area (Å²) in [6.45, 7) is 1.23. The van der Waals surface area contributed by atoms with E-state index in [1.165, 1.54) is 34.8 Å². The first-order valence-corrected chi connectivity index (χ1v) is 10.8. The number of nitriles is 1. The summed E-state index contributed by atoms with van der Waals surface area (Å²) in [5, 5.41) is 26.7. The molecule has 0 aliphatic rings. The predicted molar refractivity (Wildman–Crippen MR) is 112 cm³/mol. The molecule has 0 aliphatic heterocycles. The van der Waals surface area contributed by atoms with Gasteiger partial charge in [0.2, 0.25) is 0 Å². The fourth-order valence-corrected chi connectivity index (χ4v) is 4.85. The van der Waals surface area contributed by atoms with Crippen LogP contribution >= 0.6 is 34.4 Å². The molecule has 0 spiro atoms. The van der Waals surface area contributed by atoms with E-state index in [1.807, 2.05) is 18.4 Å². The highest BCUT2D eigenvalue weighted by Gasteiger charge is 2.21. The summed E-state index contributed by atoms with van der Waals surface area (Å²) in [5.41, 5.74) is 0.805. The Balaban J connectivity index is 1.66. The summed E-state index contributed by atoms with van der Waals surface area (Å²) in [6, 6.07) is 7.43. The van der Waals surface area contributed by atoms with Crippen molar-refractivity contribution in [1.29, 1.82) is 5.26 Å². The lowest BCUT2D eigenvalue weighted by atomic mass is 10.2. The monoisotopic (exact) mass is 460 g/mol. The van der Waals surface area contributed by atoms with Crippen molar-refractivity contribution in [1.82, 2.24) is 4.98 Å². The van der Waals surface area contributed by atoms with E-state index in [9.17, 15) is 19.7 Å². The van der Waals surface area contributed by atoms with Crippen LogP contribution in [-0.4, -0.2) is 28.4 Å². The van der Waals surface area contributed by atoms with E-state index in [4.69, 9.17) is 10.00 Å². The quantitative estimate of drug-likeness (QED) is 0.314. The normalized spacial score (nSPS) is 10.3. The SMILES string of the molecule is Cc1csc(Sc2ccc(C(=O)OCC(=O)Nc3sccc3C#N)cc2[N+](=O)[O-])n1. The molecule has 1 amide bonds. The molecule has 0 atom stereocenters. The van der Waals surface area contributed by atoms with Crippen molar-refractivity contribution in [3.63, 3.8) is 0 Å². The van der Waals surface area contributed by atoms with Gasteiger partial charge < -0.3 is 10.1 Å². The molecule has 1 aromatic carbocycles. The van der Waals surface area contributed by atoms with E-state index in [0.717, 1.165) is 23.5 Å². The van der Waals surface area contributed by atoms with Crippen molar-refractivity contribution < 1.29 is 19.2 Å². The predicted octanol–water partition coefficient (Wildman–Crippen LogP) is 4.24. The largest absolute Gasteiger partial charge is 0.452 e. The minimum absolute atomic E-state index is 0.0528. The second kappa shape index (κ2) is 9.49. The van der Waals surface area contributed by atoms with Gasteiger partial charge in [-0.05, 0) is 30.5 Å². The first kappa shape index (κ1) is 21.4. The number of nitro groups is 1. The molecule has 1 N–H and O–H groups in total. The molecule has 3 rings (SSSR count). The minimum atomic E-state index is -0.874. The fourth-order valence-electron chi connectivity index (χ4n) is 2.22. The van der Waals surface area contributed by atoms with Crippen LogP contribution in [0.5, 0.6) is 0 Å². The summed E-state index contributed by atoms with van der Waals surface area (Å²) in [5.74, 6) is -1.50. The minimum Gasteiger partial charge on any atom is -0.452 e. The second-order valence-corrected chi connectivity index (χ2v) is 8.76. The van der Waals surface area contributed by atoms with Gasteiger partial charge in [0, 0.05) is 17.1 Å². The van der Waals surface area contributed by atoms with Crippen LogP contribution < -0.4 is 5.32 Å². The number of aromatic nitrogens is 1. The van der Waals surface area contributed by atoms with Gasteiger partial charge in [-0.2, -0.15) is 5.26 Å². The topological polar surface area (TPSA) is 135 Å². The van der Waals surface area contributed by atoms with Crippen LogP contribution in [0.3, 0.4) is 0 Å². The molecule has 0 bridgehead atoms. The average Bonchev–Trinajstić information content (AvgIpc) is 3.34. The Bertz CT molecular complexity index is 1160. The lowest BCUT2D eigenvalue weighted by Gasteiger charge is -2.07. The van der Waals surface area contributed by atoms with Gasteiger partial charge in [-0.25, -0.2) is 9.78 Å². The Hall–Kier alpha value is -3.27. The van der Waals surface area contributed by atoms with Crippen molar-refractivity contribution in [2.45, 2.75) is 16.2 Å². The Labute approximate surface area is 182 Å². The second-order valence-electron chi connectivity index (χ2n) is 5.70. The molecule has 3 aromatic rings. The van der Waals surface area contributed by atoms with Crippen LogP contribution in [-0.2, 0) is 9.53 Å². The number of benzene rings is 1. The molecule has 0 fully saturated rings. The lowest BCUT2D eigenvalue weighted by Crippen LogP contribution is -2.20. The molecule has 30 heavy (non-hydrogen) atoms. The van der Waals surface area contributed by atoms with E-state index in [1.54, 1.807) is 11.4 Å². The number of aryl methyl sites for hydroxylation is 1. The van der Waals surface area contributed by atoms with Crippen molar-refractivity contribution >= 4 is 57.0 Å². The average molecular weight is 461 g/mol. The van der Waals surface area contributed by atoms with Gasteiger partial charge in [0.05, 0.1) is 20.9 Å². The molecule has 9 nitrogen and oxygen atoms in total.